The summed E-state index contributed by atoms with van der Waals surface area (Å²) < 4.78 is 0. The van der Waals surface area contributed by atoms with Gasteiger partial charge in [0.1, 0.15) is 0 Å². The Hall–Kier alpha value is -2.24. The van der Waals surface area contributed by atoms with Gasteiger partial charge in [0.15, 0.2) is 0 Å². The second-order valence-corrected chi connectivity index (χ2v) is 3.06. The summed E-state index contributed by atoms with van der Waals surface area (Å²) >= 11 is 0. The van der Waals surface area contributed by atoms with E-state index < -0.39 is 9.85 Å². The molecule has 0 aliphatic heterocycles. The van der Waals surface area contributed by atoms with Crippen LogP contribution in [-0.2, 0) is 0 Å². The molecule has 0 heterocycles. The van der Waals surface area contributed by atoms with E-state index in [0.29, 0.717) is 0 Å². The zero-order valence-electron chi connectivity index (χ0n) is 8.62. The maximum atomic E-state index is 10.7. The zero-order chi connectivity index (χ0) is 12.1. The maximum Gasteiger partial charge on any atom is 0.276 e. The van der Waals surface area contributed by atoms with Crippen molar-refractivity contribution in [2.75, 3.05) is 0 Å². The van der Waals surface area contributed by atoms with Gasteiger partial charge in [-0.3, -0.25) is 20.2 Å². The molecule has 6 heteroatoms. The molecule has 0 saturated carbocycles. The molecule has 0 aromatic heterocycles. The standard InChI is InChI=1S/C10H10N2O4/c1-2-9(11(13)14)7-8-5-3-4-6-10(8)12(15)16/h3-7H,2H2,1H3/b9-7+. The first-order valence-electron chi connectivity index (χ1n) is 4.64. The van der Waals surface area contributed by atoms with Crippen molar-refractivity contribution in [3.05, 3.63) is 55.8 Å². The first-order chi connectivity index (χ1) is 7.56. The molecule has 0 radical (unpaired) electrons. The summed E-state index contributed by atoms with van der Waals surface area (Å²) in [4.78, 5) is 20.2. The van der Waals surface area contributed by atoms with Crippen LogP contribution in [0.3, 0.4) is 0 Å². The van der Waals surface area contributed by atoms with Crippen molar-refractivity contribution in [3.63, 3.8) is 0 Å². The van der Waals surface area contributed by atoms with E-state index in [1.807, 2.05) is 0 Å². The van der Waals surface area contributed by atoms with Gasteiger partial charge in [-0.1, -0.05) is 19.1 Å². The predicted molar refractivity (Wildman–Crippen MR) is 58.4 cm³/mol. The molecule has 1 rings (SSSR count). The van der Waals surface area contributed by atoms with Crippen LogP contribution in [-0.4, -0.2) is 9.85 Å². The predicted octanol–water partition coefficient (Wildman–Crippen LogP) is 2.62. The van der Waals surface area contributed by atoms with Gasteiger partial charge in [-0.15, -0.1) is 0 Å². The molecule has 0 fully saturated rings. The number of para-hydroxylation sites is 1. The van der Waals surface area contributed by atoms with Crippen LogP contribution in [0.15, 0.2) is 30.0 Å². The van der Waals surface area contributed by atoms with E-state index >= 15 is 0 Å². The Bertz CT molecular complexity index is 454. The monoisotopic (exact) mass is 222 g/mol. The number of allylic oxidation sites excluding steroid dienone is 1. The molecule has 0 N–H and O–H groups in total. The van der Waals surface area contributed by atoms with E-state index in [1.165, 1.54) is 24.3 Å². The van der Waals surface area contributed by atoms with Gasteiger partial charge >= 0.3 is 0 Å². The van der Waals surface area contributed by atoms with Gasteiger partial charge in [-0.2, -0.15) is 0 Å². The Balaban J connectivity index is 3.23. The minimum Gasteiger partial charge on any atom is -0.259 e. The van der Waals surface area contributed by atoms with Crippen LogP contribution in [0.5, 0.6) is 0 Å². The second kappa shape index (κ2) is 5.01. The average Bonchev–Trinajstić information content (AvgIpc) is 2.25. The molecule has 16 heavy (non-hydrogen) atoms. The van der Waals surface area contributed by atoms with Crippen LogP contribution in [0.1, 0.15) is 18.9 Å². The normalized spacial score (nSPS) is 11.2. The number of benzene rings is 1. The molecule has 0 amide bonds. The SMILES string of the molecule is CC/C(=C\c1ccccc1[N+](=O)[O-])[N+](=O)[O-]. The first-order valence-corrected chi connectivity index (χ1v) is 4.64. The van der Waals surface area contributed by atoms with E-state index in [1.54, 1.807) is 13.0 Å². The molecule has 0 bridgehead atoms. The Morgan fingerprint density at radius 2 is 1.94 bits per heavy atom. The summed E-state index contributed by atoms with van der Waals surface area (Å²) in [6, 6.07) is 5.93. The third-order valence-electron chi connectivity index (χ3n) is 2.05. The smallest absolute Gasteiger partial charge is 0.259 e. The topological polar surface area (TPSA) is 86.3 Å². The van der Waals surface area contributed by atoms with E-state index in [2.05, 4.69) is 0 Å². The quantitative estimate of drug-likeness (QED) is 0.578. The minimum atomic E-state index is -0.556. The van der Waals surface area contributed by atoms with Crippen LogP contribution in [0.2, 0.25) is 0 Å². The lowest BCUT2D eigenvalue weighted by atomic mass is 10.1. The lowest BCUT2D eigenvalue weighted by Gasteiger charge is -1.97. The van der Waals surface area contributed by atoms with Gasteiger partial charge in [0, 0.05) is 18.6 Å². The fourth-order valence-corrected chi connectivity index (χ4v) is 1.24. The number of nitro groups is 2. The summed E-state index contributed by atoms with van der Waals surface area (Å²) in [5.74, 6) is 0. The molecule has 0 unspecified atom stereocenters. The number of nitro benzene ring substituents is 1. The van der Waals surface area contributed by atoms with Crippen molar-refractivity contribution in [2.24, 2.45) is 0 Å². The third-order valence-corrected chi connectivity index (χ3v) is 2.05. The summed E-state index contributed by atoms with van der Waals surface area (Å²) in [6.45, 7) is 1.63. The van der Waals surface area contributed by atoms with Crippen molar-refractivity contribution in [1.82, 2.24) is 0 Å². The van der Waals surface area contributed by atoms with Gasteiger partial charge in [0.25, 0.3) is 5.69 Å². The molecule has 0 saturated heterocycles. The largest absolute Gasteiger partial charge is 0.276 e. The molecule has 84 valence electrons. The van der Waals surface area contributed by atoms with E-state index in [-0.39, 0.29) is 23.4 Å². The molecule has 0 aliphatic rings. The fourth-order valence-electron chi connectivity index (χ4n) is 1.24. The van der Waals surface area contributed by atoms with Crippen LogP contribution < -0.4 is 0 Å². The summed E-state index contributed by atoms with van der Waals surface area (Å²) in [5, 5.41) is 21.3. The van der Waals surface area contributed by atoms with Gasteiger partial charge in [-0.05, 0) is 6.07 Å². The van der Waals surface area contributed by atoms with Crippen molar-refractivity contribution in [1.29, 1.82) is 0 Å². The lowest BCUT2D eigenvalue weighted by Crippen LogP contribution is -1.98. The summed E-state index contributed by atoms with van der Waals surface area (Å²) in [7, 11) is 0. The lowest BCUT2D eigenvalue weighted by molar-refractivity contribution is -0.425. The van der Waals surface area contributed by atoms with Crippen LogP contribution in [0, 0.1) is 20.2 Å². The Labute approximate surface area is 91.5 Å². The number of hydrogen-bond donors (Lipinski definition) is 0. The van der Waals surface area contributed by atoms with Gasteiger partial charge in [0.05, 0.1) is 15.4 Å². The maximum absolute atomic E-state index is 10.7. The minimum absolute atomic E-state index is 0.0469. The Morgan fingerprint density at radius 1 is 1.31 bits per heavy atom. The second-order valence-electron chi connectivity index (χ2n) is 3.06. The number of nitrogens with zero attached hydrogens (tertiary/aromatic N) is 2. The van der Waals surface area contributed by atoms with E-state index in [4.69, 9.17) is 0 Å². The highest BCUT2D eigenvalue weighted by Crippen LogP contribution is 2.21. The third kappa shape index (κ3) is 2.63. The van der Waals surface area contributed by atoms with Crippen LogP contribution in [0.4, 0.5) is 5.69 Å². The average molecular weight is 222 g/mol. The molecule has 6 nitrogen and oxygen atoms in total. The van der Waals surface area contributed by atoms with Gasteiger partial charge in [-0.25, -0.2) is 0 Å². The first kappa shape index (κ1) is 11.8. The Morgan fingerprint density at radius 3 is 2.44 bits per heavy atom. The molecule has 0 spiro atoms. The highest BCUT2D eigenvalue weighted by atomic mass is 16.6. The fraction of sp³-hybridized carbons (Fsp3) is 0.200. The Kier molecular flexibility index (Phi) is 3.71. The van der Waals surface area contributed by atoms with Crippen LogP contribution in [0.25, 0.3) is 6.08 Å². The van der Waals surface area contributed by atoms with Gasteiger partial charge < -0.3 is 0 Å². The van der Waals surface area contributed by atoms with Crippen molar-refractivity contribution >= 4 is 11.8 Å². The molecule has 0 aliphatic carbocycles. The van der Waals surface area contributed by atoms with E-state index in [9.17, 15) is 20.2 Å². The highest BCUT2D eigenvalue weighted by Gasteiger charge is 2.14. The number of rotatable bonds is 4. The molecule has 1 aromatic carbocycles. The molecular weight excluding hydrogens is 212 g/mol. The van der Waals surface area contributed by atoms with Gasteiger partial charge in [0.2, 0.25) is 5.70 Å². The summed E-state index contributed by atoms with van der Waals surface area (Å²) in [5.41, 5.74) is 0.0747. The van der Waals surface area contributed by atoms with Crippen LogP contribution >= 0.6 is 0 Å². The molecule has 1 aromatic rings. The highest BCUT2D eigenvalue weighted by molar-refractivity contribution is 5.61. The van der Waals surface area contributed by atoms with E-state index in [0.717, 1.165) is 0 Å². The summed E-state index contributed by atoms with van der Waals surface area (Å²) in [6.07, 6.45) is 1.46. The molecular formula is C10H10N2O4. The van der Waals surface area contributed by atoms with Crippen molar-refractivity contribution < 1.29 is 9.85 Å². The number of hydrogen-bond acceptors (Lipinski definition) is 4. The molecule has 0 atom stereocenters. The van der Waals surface area contributed by atoms with Crippen molar-refractivity contribution in [2.45, 2.75) is 13.3 Å². The van der Waals surface area contributed by atoms with Crippen molar-refractivity contribution in [3.8, 4) is 0 Å². The zero-order valence-corrected chi connectivity index (χ0v) is 8.62.